The molecule has 0 heterocycles. The molecule has 15 heavy (non-hydrogen) atoms. The van der Waals surface area contributed by atoms with Crippen LogP contribution in [0.5, 0.6) is 0 Å². The molecule has 0 radical (unpaired) electrons. The van der Waals surface area contributed by atoms with Crippen molar-refractivity contribution in [3.63, 3.8) is 0 Å². The number of hydrogen-bond acceptors (Lipinski definition) is 4. The van der Waals surface area contributed by atoms with E-state index in [2.05, 4.69) is 0 Å². The van der Waals surface area contributed by atoms with Crippen LogP contribution in [0.15, 0.2) is 0 Å². The summed E-state index contributed by atoms with van der Waals surface area (Å²) in [6.07, 6.45) is -0.958. The molecule has 0 aromatic carbocycles. The van der Waals surface area contributed by atoms with Crippen LogP contribution in [0.4, 0.5) is 0 Å². The molecule has 6 N–H and O–H groups in total. The largest absolute Gasteiger partial charge is 0.480 e. The van der Waals surface area contributed by atoms with E-state index in [1.165, 1.54) is 6.92 Å². The zero-order valence-corrected chi connectivity index (χ0v) is 8.85. The van der Waals surface area contributed by atoms with E-state index in [1.54, 1.807) is 0 Å². The summed E-state index contributed by atoms with van der Waals surface area (Å²) in [5, 5.41) is 10.5. The van der Waals surface area contributed by atoms with Gasteiger partial charge in [-0.05, 0) is 6.92 Å². The first-order chi connectivity index (χ1) is 6.63. The van der Waals surface area contributed by atoms with Gasteiger partial charge in [-0.2, -0.15) is 0 Å². The Morgan fingerprint density at radius 2 is 1.93 bits per heavy atom. The monoisotopic (exact) mass is 240 g/mol. The number of nitrogens with one attached hydrogen (secondary N) is 1. The molecule has 0 saturated carbocycles. The van der Waals surface area contributed by atoms with E-state index in [9.17, 15) is 14.2 Å². The topological polar surface area (TPSA) is 150 Å². The Morgan fingerprint density at radius 3 is 2.20 bits per heavy atom. The number of nitrogens with two attached hydrogens (primary N) is 1. The number of carboxylic acids is 1. The van der Waals surface area contributed by atoms with Gasteiger partial charge in [-0.15, -0.1) is 0 Å². The second-order valence-corrected chi connectivity index (χ2v) is 4.73. The predicted octanol–water partition coefficient (Wildman–Crippen LogP) is -1.92. The third-order valence-electron chi connectivity index (χ3n) is 1.45. The molecule has 88 valence electrons. The maximum Gasteiger partial charge on any atom is 0.328 e. The summed E-state index contributed by atoms with van der Waals surface area (Å²) in [5.41, 5.74) is 5.15. The van der Waals surface area contributed by atoms with Gasteiger partial charge in [0.2, 0.25) is 5.91 Å². The molecule has 0 aromatic heterocycles. The van der Waals surface area contributed by atoms with E-state index in [-0.39, 0.29) is 0 Å². The number of carbonyl (C=O) groups is 2. The fourth-order valence-electron chi connectivity index (χ4n) is 0.726. The number of amides is 1. The molecule has 0 unspecified atom stereocenters. The average molecular weight is 240 g/mol. The van der Waals surface area contributed by atoms with Gasteiger partial charge in [0, 0.05) is 0 Å². The van der Waals surface area contributed by atoms with Crippen LogP contribution in [0.1, 0.15) is 6.92 Å². The van der Waals surface area contributed by atoms with E-state index in [1.807, 2.05) is 5.32 Å². The standard InChI is InChI=1S/C6H13N2O6P/c1-3(7)5(9)8-4(6(10)11)2-15(12,13)14/h3-4H,2,7H2,1H3,(H,8,9)(H,10,11)(H2,12,13,14)/t3-,4-/m0/s1. The van der Waals surface area contributed by atoms with Crippen LogP contribution in [0.3, 0.4) is 0 Å². The number of rotatable bonds is 5. The van der Waals surface area contributed by atoms with Gasteiger partial charge in [-0.25, -0.2) is 4.79 Å². The van der Waals surface area contributed by atoms with E-state index >= 15 is 0 Å². The van der Waals surface area contributed by atoms with Crippen LogP contribution >= 0.6 is 7.60 Å². The molecule has 1 amide bonds. The third-order valence-corrected chi connectivity index (χ3v) is 2.29. The zero-order chi connectivity index (χ0) is 12.2. The Hall–Kier alpha value is -0.950. The summed E-state index contributed by atoms with van der Waals surface area (Å²) < 4.78 is 10.5. The lowest BCUT2D eigenvalue weighted by Crippen LogP contribution is -2.48. The number of aliphatic carboxylic acids is 1. The molecular weight excluding hydrogens is 227 g/mol. The van der Waals surface area contributed by atoms with Gasteiger partial charge in [-0.1, -0.05) is 0 Å². The highest BCUT2D eigenvalue weighted by atomic mass is 31.2. The molecule has 0 saturated heterocycles. The Labute approximate surface area is 85.6 Å². The smallest absolute Gasteiger partial charge is 0.328 e. The molecule has 8 nitrogen and oxygen atoms in total. The van der Waals surface area contributed by atoms with Crippen molar-refractivity contribution in [3.8, 4) is 0 Å². The molecule has 0 aliphatic heterocycles. The van der Waals surface area contributed by atoms with Gasteiger partial charge in [0.15, 0.2) is 0 Å². The van der Waals surface area contributed by atoms with Crippen LogP contribution in [-0.4, -0.2) is 45.0 Å². The Kier molecular flexibility index (Phi) is 4.89. The van der Waals surface area contributed by atoms with Crippen LogP contribution in [0.25, 0.3) is 0 Å². The molecule has 0 aliphatic carbocycles. The molecule has 0 fully saturated rings. The molecule has 9 heteroatoms. The summed E-state index contributed by atoms with van der Waals surface area (Å²) in [5.74, 6) is -2.30. The predicted molar refractivity (Wildman–Crippen MR) is 50.1 cm³/mol. The van der Waals surface area contributed by atoms with Gasteiger partial charge < -0.3 is 25.9 Å². The summed E-state index contributed by atoms with van der Waals surface area (Å²) in [6.45, 7) is 1.33. The number of carboxylic acid groups (broad SMARTS) is 1. The van der Waals surface area contributed by atoms with Crippen LogP contribution in [0, 0.1) is 0 Å². The lowest BCUT2D eigenvalue weighted by atomic mass is 10.3. The van der Waals surface area contributed by atoms with E-state index in [0.717, 1.165) is 0 Å². The fraction of sp³-hybridized carbons (Fsp3) is 0.667. The first-order valence-corrected chi connectivity index (χ1v) is 5.76. The maximum absolute atomic E-state index is 11.0. The third kappa shape index (κ3) is 6.19. The normalized spacial score (nSPS) is 15.5. The molecule has 0 rings (SSSR count). The van der Waals surface area contributed by atoms with Crippen molar-refractivity contribution < 1.29 is 29.0 Å². The van der Waals surface area contributed by atoms with Crippen LogP contribution < -0.4 is 11.1 Å². The van der Waals surface area contributed by atoms with Crippen molar-refractivity contribution in [2.75, 3.05) is 6.16 Å². The highest BCUT2D eigenvalue weighted by Crippen LogP contribution is 2.34. The SMILES string of the molecule is C[C@H](N)C(=O)N[C@@H](CP(=O)(O)O)C(=O)O. The fourth-order valence-corrected chi connectivity index (χ4v) is 1.45. The Balaban J connectivity index is 4.50. The first kappa shape index (κ1) is 14.1. The van der Waals surface area contributed by atoms with Gasteiger partial charge >= 0.3 is 13.6 Å². The van der Waals surface area contributed by atoms with E-state index in [4.69, 9.17) is 20.6 Å². The Bertz CT molecular complexity index is 298. The van der Waals surface area contributed by atoms with Crippen molar-refractivity contribution in [2.45, 2.75) is 19.0 Å². The molecule has 0 spiro atoms. The van der Waals surface area contributed by atoms with Crippen molar-refractivity contribution in [1.82, 2.24) is 5.32 Å². The van der Waals surface area contributed by atoms with Crippen molar-refractivity contribution in [2.24, 2.45) is 5.73 Å². The van der Waals surface area contributed by atoms with Gasteiger partial charge in [0.05, 0.1) is 12.2 Å². The Morgan fingerprint density at radius 1 is 1.47 bits per heavy atom. The summed E-state index contributed by atoms with van der Waals surface area (Å²) in [6, 6.07) is -2.58. The molecule has 2 atom stereocenters. The maximum atomic E-state index is 11.0. The molecule has 0 bridgehead atoms. The second kappa shape index (κ2) is 5.22. The van der Waals surface area contributed by atoms with Crippen molar-refractivity contribution in [3.05, 3.63) is 0 Å². The highest BCUT2D eigenvalue weighted by Gasteiger charge is 2.29. The van der Waals surface area contributed by atoms with Crippen molar-refractivity contribution >= 4 is 19.5 Å². The first-order valence-electron chi connectivity index (χ1n) is 3.97. The summed E-state index contributed by atoms with van der Waals surface area (Å²) >= 11 is 0. The van der Waals surface area contributed by atoms with E-state index in [0.29, 0.717) is 0 Å². The quantitative estimate of drug-likeness (QED) is 0.351. The molecule has 0 aliphatic rings. The minimum Gasteiger partial charge on any atom is -0.480 e. The molecule has 0 aromatic rings. The average Bonchev–Trinajstić information content (AvgIpc) is 1.99. The highest BCUT2D eigenvalue weighted by molar-refractivity contribution is 7.51. The summed E-state index contributed by atoms with van der Waals surface area (Å²) in [7, 11) is -4.50. The number of carbonyl (C=O) groups excluding carboxylic acids is 1. The minimum atomic E-state index is -4.50. The number of hydrogen-bond donors (Lipinski definition) is 5. The van der Waals surface area contributed by atoms with Crippen LogP contribution in [0.2, 0.25) is 0 Å². The second-order valence-electron chi connectivity index (χ2n) is 3.04. The van der Waals surface area contributed by atoms with E-state index < -0.39 is 37.7 Å². The summed E-state index contributed by atoms with van der Waals surface area (Å²) in [4.78, 5) is 38.6. The lowest BCUT2D eigenvalue weighted by Gasteiger charge is -2.16. The van der Waals surface area contributed by atoms with Crippen molar-refractivity contribution in [1.29, 1.82) is 0 Å². The van der Waals surface area contributed by atoms with Gasteiger partial charge in [0.25, 0.3) is 0 Å². The van der Waals surface area contributed by atoms with Gasteiger partial charge in [-0.3, -0.25) is 9.36 Å². The lowest BCUT2D eigenvalue weighted by molar-refractivity contribution is -0.141. The zero-order valence-electron chi connectivity index (χ0n) is 7.95. The van der Waals surface area contributed by atoms with Gasteiger partial charge in [0.1, 0.15) is 6.04 Å². The minimum absolute atomic E-state index is 0.782. The van der Waals surface area contributed by atoms with Crippen LogP contribution in [-0.2, 0) is 14.2 Å². The molecular formula is C6H13N2O6P.